The summed E-state index contributed by atoms with van der Waals surface area (Å²) in [6, 6.07) is 0.257. The molecule has 0 radical (unpaired) electrons. The second-order valence-corrected chi connectivity index (χ2v) is 6.24. The van der Waals surface area contributed by atoms with Gasteiger partial charge in [-0.1, -0.05) is 0 Å². The van der Waals surface area contributed by atoms with E-state index < -0.39 is 5.60 Å². The summed E-state index contributed by atoms with van der Waals surface area (Å²) in [5.41, 5.74) is 0.358. The van der Waals surface area contributed by atoms with Crippen molar-refractivity contribution in [3.63, 3.8) is 0 Å². The van der Waals surface area contributed by atoms with Gasteiger partial charge in [0.15, 0.2) is 0 Å². The van der Waals surface area contributed by atoms with Gasteiger partial charge in [0, 0.05) is 17.7 Å². The SMILES string of the molecule is CC(C)(C)OC(=O)N1C2CCCC1CC(=C=O)C2. The zero-order valence-corrected chi connectivity index (χ0v) is 11.4. The molecule has 2 aliphatic rings. The highest BCUT2D eigenvalue weighted by Crippen LogP contribution is 2.36. The molecule has 0 aromatic carbocycles. The van der Waals surface area contributed by atoms with Gasteiger partial charge < -0.3 is 9.64 Å². The van der Waals surface area contributed by atoms with E-state index in [4.69, 9.17) is 4.74 Å². The quantitative estimate of drug-likeness (QED) is 0.622. The molecule has 0 aromatic rings. The van der Waals surface area contributed by atoms with Crippen molar-refractivity contribution >= 4 is 12.0 Å². The molecule has 2 rings (SSSR count). The lowest BCUT2D eigenvalue weighted by Crippen LogP contribution is -2.54. The molecule has 0 spiro atoms. The molecule has 1 amide bonds. The second kappa shape index (κ2) is 4.77. The third kappa shape index (κ3) is 2.75. The number of nitrogens with zero attached hydrogens (tertiary/aromatic N) is 1. The van der Waals surface area contributed by atoms with Crippen LogP contribution in [-0.4, -0.2) is 34.6 Å². The average Bonchev–Trinajstić information content (AvgIpc) is 2.24. The van der Waals surface area contributed by atoms with Crippen LogP contribution >= 0.6 is 0 Å². The van der Waals surface area contributed by atoms with E-state index >= 15 is 0 Å². The summed E-state index contributed by atoms with van der Waals surface area (Å²) >= 11 is 0. The van der Waals surface area contributed by atoms with Gasteiger partial charge >= 0.3 is 6.09 Å². The highest BCUT2D eigenvalue weighted by molar-refractivity contribution is 5.70. The maximum atomic E-state index is 12.2. The van der Waals surface area contributed by atoms with E-state index in [1.165, 1.54) is 0 Å². The van der Waals surface area contributed by atoms with Gasteiger partial charge in [-0.3, -0.25) is 0 Å². The van der Waals surface area contributed by atoms with Crippen LogP contribution < -0.4 is 0 Å². The largest absolute Gasteiger partial charge is 0.444 e. The summed E-state index contributed by atoms with van der Waals surface area (Å²) in [5, 5.41) is 0. The third-order valence-electron chi connectivity index (χ3n) is 3.57. The molecule has 2 unspecified atom stereocenters. The lowest BCUT2D eigenvalue weighted by atomic mass is 9.82. The molecule has 0 aromatic heterocycles. The highest BCUT2D eigenvalue weighted by atomic mass is 16.6. The van der Waals surface area contributed by atoms with Crippen LogP contribution in [-0.2, 0) is 9.53 Å². The number of amides is 1. The minimum absolute atomic E-state index is 0.129. The van der Waals surface area contributed by atoms with Crippen LogP contribution in [0.1, 0.15) is 52.9 Å². The Morgan fingerprint density at radius 2 is 1.83 bits per heavy atom. The van der Waals surface area contributed by atoms with Crippen molar-refractivity contribution in [3.8, 4) is 0 Å². The van der Waals surface area contributed by atoms with Crippen LogP contribution in [0.5, 0.6) is 0 Å². The van der Waals surface area contributed by atoms with E-state index in [1.54, 1.807) is 0 Å². The molecule has 2 heterocycles. The molecular formula is C14H21NO3. The van der Waals surface area contributed by atoms with E-state index in [2.05, 4.69) is 0 Å². The van der Waals surface area contributed by atoms with Crippen LogP contribution in [0.3, 0.4) is 0 Å². The van der Waals surface area contributed by atoms with E-state index in [1.807, 2.05) is 31.6 Å². The highest BCUT2D eigenvalue weighted by Gasteiger charge is 2.41. The first kappa shape index (κ1) is 13.2. The molecule has 0 saturated carbocycles. The molecule has 2 bridgehead atoms. The molecular weight excluding hydrogens is 230 g/mol. The van der Waals surface area contributed by atoms with E-state index in [0.29, 0.717) is 12.8 Å². The predicted octanol–water partition coefficient (Wildman–Crippen LogP) is 2.70. The van der Waals surface area contributed by atoms with Crippen molar-refractivity contribution in [1.82, 2.24) is 4.90 Å². The lowest BCUT2D eigenvalue weighted by Gasteiger charge is -2.46. The Morgan fingerprint density at radius 3 is 2.28 bits per heavy atom. The first-order valence-electron chi connectivity index (χ1n) is 6.65. The molecule has 2 saturated heterocycles. The van der Waals surface area contributed by atoms with Gasteiger partial charge in [0.1, 0.15) is 11.5 Å². The van der Waals surface area contributed by atoms with Gasteiger partial charge in [-0.15, -0.1) is 0 Å². The number of carbonyl (C=O) groups is 1. The van der Waals surface area contributed by atoms with E-state index in [0.717, 1.165) is 24.8 Å². The number of piperidine rings is 2. The van der Waals surface area contributed by atoms with E-state index in [-0.39, 0.29) is 18.2 Å². The number of fused-ring (bicyclic) bond motifs is 2. The standard InChI is InChI=1S/C14H21NO3/c1-14(2,3)18-13(17)15-11-5-4-6-12(15)8-10(7-11)9-16/h11-12H,4-8H2,1-3H3. The molecule has 2 fully saturated rings. The van der Waals surface area contributed by atoms with Crippen LogP contribution in [0.2, 0.25) is 0 Å². The number of rotatable bonds is 0. The molecule has 2 aliphatic heterocycles. The average molecular weight is 251 g/mol. The fourth-order valence-electron chi connectivity index (χ4n) is 2.91. The first-order chi connectivity index (χ1) is 8.40. The van der Waals surface area contributed by atoms with Crippen molar-refractivity contribution < 1.29 is 14.3 Å². The minimum atomic E-state index is -0.466. The molecule has 100 valence electrons. The molecule has 0 N–H and O–H groups in total. The number of carbonyl (C=O) groups excluding carboxylic acids is 2. The summed E-state index contributed by atoms with van der Waals surface area (Å²) in [6.07, 6.45) is 4.14. The maximum Gasteiger partial charge on any atom is 0.410 e. The topological polar surface area (TPSA) is 46.6 Å². The summed E-state index contributed by atoms with van der Waals surface area (Å²) in [7, 11) is 0. The van der Waals surface area contributed by atoms with Gasteiger partial charge in [-0.2, -0.15) is 0 Å². The molecule has 4 nitrogen and oxygen atoms in total. The van der Waals surface area contributed by atoms with Crippen molar-refractivity contribution in [2.45, 2.75) is 70.6 Å². The Morgan fingerprint density at radius 1 is 1.28 bits per heavy atom. The third-order valence-corrected chi connectivity index (χ3v) is 3.57. The monoisotopic (exact) mass is 251 g/mol. The predicted molar refractivity (Wildman–Crippen MR) is 67.9 cm³/mol. The first-order valence-corrected chi connectivity index (χ1v) is 6.65. The van der Waals surface area contributed by atoms with Crippen molar-refractivity contribution in [2.24, 2.45) is 0 Å². The van der Waals surface area contributed by atoms with Crippen molar-refractivity contribution in [1.29, 1.82) is 0 Å². The second-order valence-electron chi connectivity index (χ2n) is 6.24. The molecule has 18 heavy (non-hydrogen) atoms. The maximum absolute atomic E-state index is 12.2. The zero-order valence-electron chi connectivity index (χ0n) is 11.4. The Balaban J connectivity index is 2.13. The van der Waals surface area contributed by atoms with E-state index in [9.17, 15) is 9.59 Å². The van der Waals surface area contributed by atoms with Crippen molar-refractivity contribution in [2.75, 3.05) is 0 Å². The fourth-order valence-corrected chi connectivity index (χ4v) is 2.91. The Bertz CT molecular complexity index is 374. The van der Waals surface area contributed by atoms with Crippen LogP contribution in [0, 0.1) is 0 Å². The minimum Gasteiger partial charge on any atom is -0.444 e. The van der Waals surface area contributed by atoms with Gasteiger partial charge in [0.25, 0.3) is 0 Å². The summed E-state index contributed by atoms with van der Waals surface area (Å²) in [5.74, 6) is 2.03. The number of hydrogen-bond acceptors (Lipinski definition) is 3. The van der Waals surface area contributed by atoms with Gasteiger partial charge in [-0.25, -0.2) is 9.59 Å². The Kier molecular flexibility index (Phi) is 3.49. The smallest absolute Gasteiger partial charge is 0.410 e. The van der Waals surface area contributed by atoms with Crippen LogP contribution in [0.4, 0.5) is 4.79 Å². The summed E-state index contributed by atoms with van der Waals surface area (Å²) in [4.78, 5) is 24.9. The lowest BCUT2D eigenvalue weighted by molar-refractivity contribution is -0.0111. The summed E-state index contributed by atoms with van der Waals surface area (Å²) < 4.78 is 5.46. The normalized spacial score (nSPS) is 27.7. The Hall–Kier alpha value is -1.28. The number of hydrogen-bond donors (Lipinski definition) is 0. The van der Waals surface area contributed by atoms with Gasteiger partial charge in [-0.05, 0) is 52.9 Å². The Labute approximate surface area is 108 Å². The molecule has 0 aliphatic carbocycles. The summed E-state index contributed by atoms with van der Waals surface area (Å²) in [6.45, 7) is 5.63. The van der Waals surface area contributed by atoms with Crippen LogP contribution in [0.25, 0.3) is 0 Å². The molecule has 4 heteroatoms. The fraction of sp³-hybridized carbons (Fsp3) is 0.786. The number of ether oxygens (including phenoxy) is 1. The van der Waals surface area contributed by atoms with Gasteiger partial charge in [0.2, 0.25) is 0 Å². The van der Waals surface area contributed by atoms with Crippen LogP contribution in [0.15, 0.2) is 5.57 Å². The zero-order chi connectivity index (χ0) is 13.3. The van der Waals surface area contributed by atoms with Crippen molar-refractivity contribution in [3.05, 3.63) is 5.57 Å². The molecule has 2 atom stereocenters. The van der Waals surface area contributed by atoms with Gasteiger partial charge in [0.05, 0.1) is 0 Å².